The SMILES string of the molecule is Cc1ccc(-n2cccc2[C@@H]2[C@H](c3ccccn3)NC(=S)N2c2ccc(OC3CCCC3)cc2)cc1. The Bertz CT molecular complexity index is 1330. The maximum absolute atomic E-state index is 6.21. The van der Waals surface area contributed by atoms with Gasteiger partial charge < -0.3 is 19.5 Å². The molecule has 2 aromatic heterocycles. The van der Waals surface area contributed by atoms with Gasteiger partial charge in [-0.15, -0.1) is 0 Å². The molecular weight excluding hydrogens is 464 g/mol. The van der Waals surface area contributed by atoms with E-state index in [1.807, 2.05) is 18.3 Å². The molecule has 182 valence electrons. The van der Waals surface area contributed by atoms with Crippen LogP contribution in [0, 0.1) is 6.92 Å². The number of hydrogen-bond donors (Lipinski definition) is 1. The molecule has 0 radical (unpaired) electrons. The molecule has 3 heterocycles. The molecule has 1 aliphatic heterocycles. The minimum absolute atomic E-state index is 0.0784. The number of nitrogens with zero attached hydrogens (tertiary/aromatic N) is 3. The number of nitrogens with one attached hydrogen (secondary N) is 1. The molecule has 0 bridgehead atoms. The first-order valence-electron chi connectivity index (χ1n) is 12.7. The maximum Gasteiger partial charge on any atom is 0.174 e. The number of aryl methyl sites for hydroxylation is 1. The largest absolute Gasteiger partial charge is 0.490 e. The Morgan fingerprint density at radius 2 is 1.64 bits per heavy atom. The van der Waals surface area contributed by atoms with Crippen molar-refractivity contribution in [2.75, 3.05) is 4.90 Å². The first-order chi connectivity index (χ1) is 17.7. The molecule has 6 rings (SSSR count). The van der Waals surface area contributed by atoms with Gasteiger partial charge in [-0.3, -0.25) is 4.98 Å². The van der Waals surface area contributed by atoms with E-state index in [0.29, 0.717) is 11.2 Å². The summed E-state index contributed by atoms with van der Waals surface area (Å²) in [7, 11) is 0. The van der Waals surface area contributed by atoms with Gasteiger partial charge in [0.15, 0.2) is 5.11 Å². The van der Waals surface area contributed by atoms with Crippen LogP contribution in [0.15, 0.2) is 91.3 Å². The third-order valence-corrected chi connectivity index (χ3v) is 7.53. The number of ether oxygens (including phenoxy) is 1. The number of hydrogen-bond acceptors (Lipinski definition) is 3. The topological polar surface area (TPSA) is 42.3 Å². The van der Waals surface area contributed by atoms with Crippen molar-refractivity contribution in [2.45, 2.75) is 50.8 Å². The Balaban J connectivity index is 1.39. The molecule has 0 amide bonds. The first kappa shape index (κ1) is 22.8. The molecule has 5 nitrogen and oxygen atoms in total. The second kappa shape index (κ2) is 9.78. The second-order valence-corrected chi connectivity index (χ2v) is 10.0. The fraction of sp³-hybridized carbons (Fsp3) is 0.267. The lowest BCUT2D eigenvalue weighted by atomic mass is 10.0. The van der Waals surface area contributed by atoms with Crippen molar-refractivity contribution in [3.8, 4) is 11.4 Å². The fourth-order valence-electron chi connectivity index (χ4n) is 5.39. The van der Waals surface area contributed by atoms with E-state index in [-0.39, 0.29) is 12.1 Å². The van der Waals surface area contributed by atoms with Crippen molar-refractivity contribution >= 4 is 23.0 Å². The standard InChI is InChI=1S/C30H30N4OS/c1-21-11-13-22(14-12-21)33-20-6-10-27(33)29-28(26-9-4-5-19-31-26)32-30(36)34(29)23-15-17-25(18-16-23)35-24-7-2-3-8-24/h4-6,9-20,24,28-29H,2-3,7-8H2,1H3,(H,32,36)/t28-,29+/m0/s1. The lowest BCUT2D eigenvalue weighted by molar-refractivity contribution is 0.210. The van der Waals surface area contributed by atoms with Crippen molar-refractivity contribution in [3.05, 3.63) is 108 Å². The lowest BCUT2D eigenvalue weighted by Crippen LogP contribution is -2.30. The van der Waals surface area contributed by atoms with Gasteiger partial charge in [0.1, 0.15) is 11.8 Å². The highest BCUT2D eigenvalue weighted by Gasteiger charge is 2.42. The molecule has 2 atom stereocenters. The Morgan fingerprint density at radius 3 is 2.36 bits per heavy atom. The van der Waals surface area contributed by atoms with Crippen molar-refractivity contribution in [1.29, 1.82) is 0 Å². The number of rotatable bonds is 6. The zero-order valence-electron chi connectivity index (χ0n) is 20.4. The van der Waals surface area contributed by atoms with Crippen LogP contribution in [0.25, 0.3) is 5.69 Å². The quantitative estimate of drug-likeness (QED) is 0.303. The van der Waals surface area contributed by atoms with Gasteiger partial charge in [0, 0.05) is 29.5 Å². The van der Waals surface area contributed by atoms with Crippen LogP contribution >= 0.6 is 12.2 Å². The van der Waals surface area contributed by atoms with Crippen LogP contribution in [0.3, 0.4) is 0 Å². The van der Waals surface area contributed by atoms with Crippen LogP contribution in [-0.2, 0) is 0 Å². The Morgan fingerprint density at radius 1 is 0.889 bits per heavy atom. The molecule has 6 heteroatoms. The fourth-order valence-corrected chi connectivity index (χ4v) is 5.74. The van der Waals surface area contributed by atoms with Crippen LogP contribution in [-0.4, -0.2) is 20.8 Å². The van der Waals surface area contributed by atoms with E-state index in [4.69, 9.17) is 21.9 Å². The van der Waals surface area contributed by atoms with Gasteiger partial charge in [0.05, 0.1) is 17.8 Å². The zero-order chi connectivity index (χ0) is 24.5. The number of pyridine rings is 1. The molecule has 1 saturated heterocycles. The Kier molecular flexibility index (Phi) is 6.20. The highest BCUT2D eigenvalue weighted by molar-refractivity contribution is 7.80. The van der Waals surface area contributed by atoms with E-state index in [0.717, 1.165) is 41.4 Å². The minimum Gasteiger partial charge on any atom is -0.490 e. The third kappa shape index (κ3) is 4.37. The first-order valence-corrected chi connectivity index (χ1v) is 13.1. The molecule has 0 unspecified atom stereocenters. The predicted octanol–water partition coefficient (Wildman–Crippen LogP) is 6.68. The Labute approximate surface area is 217 Å². The average molecular weight is 495 g/mol. The molecule has 1 aliphatic carbocycles. The van der Waals surface area contributed by atoms with E-state index in [2.05, 4.69) is 94.6 Å². The summed E-state index contributed by atoms with van der Waals surface area (Å²) < 4.78 is 8.47. The maximum atomic E-state index is 6.21. The number of aromatic nitrogens is 2. The van der Waals surface area contributed by atoms with Gasteiger partial charge in [-0.25, -0.2) is 0 Å². The van der Waals surface area contributed by atoms with Crippen molar-refractivity contribution < 1.29 is 4.74 Å². The van der Waals surface area contributed by atoms with Gasteiger partial charge in [0.25, 0.3) is 0 Å². The summed E-state index contributed by atoms with van der Waals surface area (Å²) in [4.78, 5) is 6.91. The van der Waals surface area contributed by atoms with Crippen LogP contribution in [0.4, 0.5) is 5.69 Å². The van der Waals surface area contributed by atoms with Gasteiger partial charge >= 0.3 is 0 Å². The number of benzene rings is 2. The Hall–Kier alpha value is -3.64. The molecule has 0 spiro atoms. The van der Waals surface area contributed by atoms with E-state index in [1.54, 1.807) is 0 Å². The summed E-state index contributed by atoms with van der Waals surface area (Å²) in [5.74, 6) is 0.921. The predicted molar refractivity (Wildman–Crippen MR) is 148 cm³/mol. The van der Waals surface area contributed by atoms with Crippen LogP contribution in [0.5, 0.6) is 5.75 Å². The summed E-state index contributed by atoms with van der Waals surface area (Å²) in [5, 5.41) is 4.26. The summed E-state index contributed by atoms with van der Waals surface area (Å²) in [5.41, 5.74) is 5.51. The molecule has 1 saturated carbocycles. The van der Waals surface area contributed by atoms with Crippen molar-refractivity contribution in [3.63, 3.8) is 0 Å². The smallest absolute Gasteiger partial charge is 0.174 e. The summed E-state index contributed by atoms with van der Waals surface area (Å²) in [6, 6.07) is 27.1. The second-order valence-electron chi connectivity index (χ2n) is 9.65. The lowest BCUT2D eigenvalue weighted by Gasteiger charge is -2.29. The molecule has 2 fully saturated rings. The summed E-state index contributed by atoms with van der Waals surface area (Å²) in [6.45, 7) is 2.11. The number of anilines is 1. The normalized spacial score (nSPS) is 20.0. The van der Waals surface area contributed by atoms with Gasteiger partial charge in [-0.1, -0.05) is 23.8 Å². The van der Waals surface area contributed by atoms with Crippen LogP contribution in [0.2, 0.25) is 0 Å². The highest BCUT2D eigenvalue weighted by atomic mass is 32.1. The highest BCUT2D eigenvalue weighted by Crippen LogP contribution is 2.42. The number of thiocarbonyl (C=S) groups is 1. The van der Waals surface area contributed by atoms with Gasteiger partial charge in [0.2, 0.25) is 0 Å². The molecule has 36 heavy (non-hydrogen) atoms. The molecule has 2 aromatic carbocycles. The molecule has 4 aromatic rings. The minimum atomic E-state index is -0.0905. The van der Waals surface area contributed by atoms with Gasteiger partial charge in [-0.05, 0) is 105 Å². The molecule has 2 aliphatic rings. The van der Waals surface area contributed by atoms with Gasteiger partial charge in [-0.2, -0.15) is 0 Å². The van der Waals surface area contributed by atoms with Crippen LogP contribution in [0.1, 0.15) is 54.7 Å². The summed E-state index contributed by atoms with van der Waals surface area (Å²) >= 11 is 5.92. The monoisotopic (exact) mass is 494 g/mol. The van der Waals surface area contributed by atoms with E-state index in [1.165, 1.54) is 18.4 Å². The van der Waals surface area contributed by atoms with E-state index >= 15 is 0 Å². The van der Waals surface area contributed by atoms with E-state index < -0.39 is 0 Å². The van der Waals surface area contributed by atoms with Crippen molar-refractivity contribution in [2.24, 2.45) is 0 Å². The molecule has 1 N–H and O–H groups in total. The third-order valence-electron chi connectivity index (χ3n) is 7.21. The average Bonchev–Trinajstić information content (AvgIpc) is 3.66. The molecular formula is C30H30N4OS. The summed E-state index contributed by atoms with van der Waals surface area (Å²) in [6.07, 6.45) is 9.10. The zero-order valence-corrected chi connectivity index (χ0v) is 21.2. The van der Waals surface area contributed by atoms with E-state index in [9.17, 15) is 0 Å². The van der Waals surface area contributed by atoms with Crippen molar-refractivity contribution in [1.82, 2.24) is 14.9 Å². The van der Waals surface area contributed by atoms with Crippen LogP contribution < -0.4 is 15.0 Å².